The van der Waals surface area contributed by atoms with Crippen LogP contribution in [0.4, 0.5) is 0 Å². The molecule has 0 aromatic heterocycles. The van der Waals surface area contributed by atoms with Crippen molar-refractivity contribution in [3.8, 4) is 0 Å². The lowest BCUT2D eigenvalue weighted by Crippen LogP contribution is -2.41. The molecule has 0 spiro atoms. The van der Waals surface area contributed by atoms with Crippen LogP contribution in [0.15, 0.2) is 24.3 Å². The molecule has 106 valence electrons. The minimum Gasteiger partial charge on any atom is -0.314 e. The van der Waals surface area contributed by atoms with Crippen LogP contribution in [0.1, 0.15) is 50.7 Å². The third kappa shape index (κ3) is 4.07. The highest BCUT2D eigenvalue weighted by atomic mass is 14.9. The summed E-state index contributed by atoms with van der Waals surface area (Å²) in [5, 5.41) is 3.71. The molecule has 1 fully saturated rings. The van der Waals surface area contributed by atoms with E-state index in [-0.39, 0.29) is 0 Å². The van der Waals surface area contributed by atoms with Gasteiger partial charge in [0.25, 0.3) is 0 Å². The van der Waals surface area contributed by atoms with Crippen LogP contribution >= 0.6 is 0 Å². The molecule has 0 saturated heterocycles. The smallest absolute Gasteiger partial charge is 0.00985 e. The van der Waals surface area contributed by atoms with Gasteiger partial charge in [0.1, 0.15) is 0 Å². The molecular weight excluding hydrogens is 230 g/mol. The van der Waals surface area contributed by atoms with Crippen molar-refractivity contribution in [3.05, 3.63) is 35.4 Å². The highest BCUT2D eigenvalue weighted by molar-refractivity contribution is 5.22. The topological polar surface area (TPSA) is 12.0 Å². The van der Waals surface area contributed by atoms with Gasteiger partial charge < -0.3 is 5.32 Å². The van der Waals surface area contributed by atoms with Crippen molar-refractivity contribution in [1.82, 2.24) is 5.32 Å². The first-order chi connectivity index (χ1) is 9.22. The zero-order chi connectivity index (χ0) is 13.7. The molecule has 0 heterocycles. The van der Waals surface area contributed by atoms with Crippen LogP contribution in [-0.2, 0) is 6.42 Å². The molecule has 3 atom stereocenters. The summed E-state index contributed by atoms with van der Waals surface area (Å²) in [5.74, 6) is 1.77. The van der Waals surface area contributed by atoms with Gasteiger partial charge in [-0.15, -0.1) is 0 Å². The molecule has 1 nitrogen and oxygen atoms in total. The Bertz CT molecular complexity index is 368. The van der Waals surface area contributed by atoms with E-state index in [1.165, 1.54) is 43.2 Å². The molecule has 1 aromatic rings. The predicted octanol–water partition coefficient (Wildman–Crippen LogP) is 4.34. The third-order valence-corrected chi connectivity index (χ3v) is 4.75. The highest BCUT2D eigenvalue weighted by Gasteiger charge is 2.29. The summed E-state index contributed by atoms with van der Waals surface area (Å²) >= 11 is 0. The SMILES string of the molecule is CCNC1CCC(CC)CC1Cc1ccc(C)cc1. The summed E-state index contributed by atoms with van der Waals surface area (Å²) in [5.41, 5.74) is 2.87. The molecular formula is C18H29N. The second kappa shape index (κ2) is 7.09. The van der Waals surface area contributed by atoms with Gasteiger partial charge in [-0.3, -0.25) is 0 Å². The Balaban J connectivity index is 2.02. The standard InChI is InChI=1S/C18H29N/c1-4-15-10-11-18(19-5-2)17(12-15)13-16-8-6-14(3)7-9-16/h6-9,15,17-19H,4-5,10-13H2,1-3H3. The molecule has 3 unspecified atom stereocenters. The number of nitrogens with one attached hydrogen (secondary N) is 1. The maximum Gasteiger partial charge on any atom is 0.00985 e. The van der Waals surface area contributed by atoms with Crippen molar-refractivity contribution in [1.29, 1.82) is 0 Å². The van der Waals surface area contributed by atoms with Crippen molar-refractivity contribution in [2.24, 2.45) is 11.8 Å². The summed E-state index contributed by atoms with van der Waals surface area (Å²) in [7, 11) is 0. The first-order valence-electron chi connectivity index (χ1n) is 8.01. The van der Waals surface area contributed by atoms with Crippen LogP contribution < -0.4 is 5.32 Å². The lowest BCUT2D eigenvalue weighted by Gasteiger charge is -2.36. The average molecular weight is 259 g/mol. The van der Waals surface area contributed by atoms with Gasteiger partial charge in [-0.05, 0) is 56.6 Å². The van der Waals surface area contributed by atoms with Gasteiger partial charge in [0, 0.05) is 6.04 Å². The van der Waals surface area contributed by atoms with Crippen LogP contribution in [0.3, 0.4) is 0 Å². The molecule has 1 aliphatic rings. The minimum absolute atomic E-state index is 0.731. The number of hydrogen-bond acceptors (Lipinski definition) is 1. The Morgan fingerprint density at radius 2 is 1.84 bits per heavy atom. The fourth-order valence-electron chi connectivity index (χ4n) is 3.52. The molecule has 1 aromatic carbocycles. The van der Waals surface area contributed by atoms with Gasteiger partial charge in [-0.25, -0.2) is 0 Å². The maximum atomic E-state index is 3.71. The van der Waals surface area contributed by atoms with E-state index in [0.717, 1.165) is 24.4 Å². The Labute approximate surface area is 118 Å². The lowest BCUT2D eigenvalue weighted by atomic mass is 9.74. The van der Waals surface area contributed by atoms with E-state index in [1.54, 1.807) is 0 Å². The van der Waals surface area contributed by atoms with Gasteiger partial charge in [0.15, 0.2) is 0 Å². The quantitative estimate of drug-likeness (QED) is 0.829. The van der Waals surface area contributed by atoms with Crippen molar-refractivity contribution in [3.63, 3.8) is 0 Å². The molecule has 1 aliphatic carbocycles. The Morgan fingerprint density at radius 1 is 1.11 bits per heavy atom. The molecule has 1 heteroatoms. The van der Waals surface area contributed by atoms with Crippen molar-refractivity contribution in [2.45, 2.75) is 58.9 Å². The summed E-state index contributed by atoms with van der Waals surface area (Å²) < 4.78 is 0. The maximum absolute atomic E-state index is 3.71. The zero-order valence-electron chi connectivity index (χ0n) is 12.8. The molecule has 0 aliphatic heterocycles. The van der Waals surface area contributed by atoms with Gasteiger partial charge in [-0.2, -0.15) is 0 Å². The highest BCUT2D eigenvalue weighted by Crippen LogP contribution is 2.33. The Kier molecular flexibility index (Phi) is 5.45. The van der Waals surface area contributed by atoms with E-state index >= 15 is 0 Å². The molecule has 19 heavy (non-hydrogen) atoms. The van der Waals surface area contributed by atoms with Crippen molar-refractivity contribution in [2.75, 3.05) is 6.54 Å². The number of benzene rings is 1. The third-order valence-electron chi connectivity index (χ3n) is 4.75. The van der Waals surface area contributed by atoms with Gasteiger partial charge in [-0.1, -0.05) is 50.1 Å². The van der Waals surface area contributed by atoms with E-state index in [0.29, 0.717) is 0 Å². The number of rotatable bonds is 5. The minimum atomic E-state index is 0.731. The van der Waals surface area contributed by atoms with E-state index in [2.05, 4.69) is 50.4 Å². The van der Waals surface area contributed by atoms with Crippen LogP contribution in [0, 0.1) is 18.8 Å². The van der Waals surface area contributed by atoms with E-state index in [9.17, 15) is 0 Å². The monoisotopic (exact) mass is 259 g/mol. The van der Waals surface area contributed by atoms with E-state index in [4.69, 9.17) is 0 Å². The largest absolute Gasteiger partial charge is 0.314 e. The summed E-state index contributed by atoms with van der Waals surface area (Å²) in [4.78, 5) is 0. The first-order valence-corrected chi connectivity index (χ1v) is 8.01. The average Bonchev–Trinajstić information content (AvgIpc) is 2.43. The molecule has 0 amide bonds. The van der Waals surface area contributed by atoms with Crippen molar-refractivity contribution >= 4 is 0 Å². The van der Waals surface area contributed by atoms with Gasteiger partial charge >= 0.3 is 0 Å². The fourth-order valence-corrected chi connectivity index (χ4v) is 3.52. The number of aryl methyl sites for hydroxylation is 1. The normalized spacial score (nSPS) is 27.4. The Hall–Kier alpha value is -0.820. The summed E-state index contributed by atoms with van der Waals surface area (Å²) in [6.45, 7) is 7.85. The van der Waals surface area contributed by atoms with Crippen LogP contribution in [0.25, 0.3) is 0 Å². The van der Waals surface area contributed by atoms with E-state index < -0.39 is 0 Å². The molecule has 2 rings (SSSR count). The molecule has 1 N–H and O–H groups in total. The summed E-state index contributed by atoms with van der Waals surface area (Å²) in [6.07, 6.45) is 6.78. The molecule has 0 radical (unpaired) electrons. The number of hydrogen-bond donors (Lipinski definition) is 1. The Morgan fingerprint density at radius 3 is 2.47 bits per heavy atom. The second-order valence-corrected chi connectivity index (χ2v) is 6.20. The van der Waals surface area contributed by atoms with Crippen molar-refractivity contribution < 1.29 is 0 Å². The predicted molar refractivity (Wildman–Crippen MR) is 83.5 cm³/mol. The second-order valence-electron chi connectivity index (χ2n) is 6.20. The van der Waals surface area contributed by atoms with Gasteiger partial charge in [0.2, 0.25) is 0 Å². The van der Waals surface area contributed by atoms with Crippen LogP contribution in [0.2, 0.25) is 0 Å². The van der Waals surface area contributed by atoms with Crippen LogP contribution in [0.5, 0.6) is 0 Å². The summed E-state index contributed by atoms with van der Waals surface area (Å²) in [6, 6.07) is 9.85. The molecule has 0 bridgehead atoms. The van der Waals surface area contributed by atoms with E-state index in [1.807, 2.05) is 0 Å². The first kappa shape index (κ1) is 14.6. The zero-order valence-corrected chi connectivity index (χ0v) is 12.8. The van der Waals surface area contributed by atoms with Gasteiger partial charge in [0.05, 0.1) is 0 Å². The lowest BCUT2D eigenvalue weighted by molar-refractivity contribution is 0.200. The fraction of sp³-hybridized carbons (Fsp3) is 0.667. The van der Waals surface area contributed by atoms with Crippen LogP contribution in [-0.4, -0.2) is 12.6 Å². The molecule has 1 saturated carbocycles.